The minimum absolute atomic E-state index is 0.0638. The van der Waals surface area contributed by atoms with Gasteiger partial charge in [0.05, 0.1) is 6.61 Å². The highest BCUT2D eigenvalue weighted by molar-refractivity contribution is 5.94. The highest BCUT2D eigenvalue weighted by Crippen LogP contribution is 2.21. The predicted molar refractivity (Wildman–Crippen MR) is 118 cm³/mol. The van der Waals surface area contributed by atoms with E-state index >= 15 is 0 Å². The van der Waals surface area contributed by atoms with E-state index in [4.69, 9.17) is 9.47 Å². The summed E-state index contributed by atoms with van der Waals surface area (Å²) in [6, 6.07) is 13.0. The Labute approximate surface area is 187 Å². The van der Waals surface area contributed by atoms with Crippen LogP contribution in [-0.2, 0) is 4.79 Å². The first-order chi connectivity index (χ1) is 15.6. The van der Waals surface area contributed by atoms with Gasteiger partial charge in [0.25, 0.3) is 11.8 Å². The van der Waals surface area contributed by atoms with Crippen molar-refractivity contribution in [3.8, 4) is 11.5 Å². The van der Waals surface area contributed by atoms with Crippen molar-refractivity contribution >= 4 is 11.8 Å². The lowest BCUT2D eigenvalue weighted by Gasteiger charge is -2.32. The van der Waals surface area contributed by atoms with E-state index in [2.05, 4.69) is 0 Å². The van der Waals surface area contributed by atoms with Crippen LogP contribution in [0.15, 0.2) is 48.5 Å². The Balaban J connectivity index is 1.22. The number of amides is 2. The van der Waals surface area contributed by atoms with Crippen molar-refractivity contribution in [2.45, 2.75) is 25.7 Å². The number of carbonyl (C=O) groups is 2. The largest absolute Gasteiger partial charge is 0.493 e. The Morgan fingerprint density at radius 1 is 0.844 bits per heavy atom. The normalized spacial score (nSPS) is 18.5. The van der Waals surface area contributed by atoms with Gasteiger partial charge in [0.1, 0.15) is 17.3 Å². The minimum Gasteiger partial charge on any atom is -0.493 e. The van der Waals surface area contributed by atoms with E-state index in [1.807, 2.05) is 29.2 Å². The highest BCUT2D eigenvalue weighted by Gasteiger charge is 2.25. The molecule has 0 bridgehead atoms. The Morgan fingerprint density at radius 3 is 2.19 bits per heavy atom. The zero-order valence-electron chi connectivity index (χ0n) is 18.2. The summed E-state index contributed by atoms with van der Waals surface area (Å²) in [5.74, 6) is 1.11. The first-order valence-electron chi connectivity index (χ1n) is 11.3. The van der Waals surface area contributed by atoms with E-state index in [1.54, 1.807) is 4.90 Å². The molecule has 2 aromatic carbocycles. The molecule has 2 saturated heterocycles. The molecule has 0 radical (unpaired) electrons. The van der Waals surface area contributed by atoms with Crippen LogP contribution in [0.2, 0.25) is 0 Å². The molecular weight excluding hydrogens is 411 g/mol. The zero-order chi connectivity index (χ0) is 22.3. The standard InChI is InChI=1S/C25H29FN2O4/c26-21-7-11-23(12-8-21)32-18-24(29)28-15-3-4-19(16-28)17-31-22-9-5-20(6-10-22)25(30)27-13-1-2-14-27/h5-12,19H,1-4,13-18H2. The van der Waals surface area contributed by atoms with Gasteiger partial charge < -0.3 is 19.3 Å². The van der Waals surface area contributed by atoms with Crippen LogP contribution >= 0.6 is 0 Å². The van der Waals surface area contributed by atoms with E-state index in [0.29, 0.717) is 31.0 Å². The van der Waals surface area contributed by atoms with Crippen molar-refractivity contribution in [2.24, 2.45) is 5.92 Å². The third kappa shape index (κ3) is 5.78. The number of likely N-dealkylation sites (tertiary alicyclic amines) is 2. The van der Waals surface area contributed by atoms with E-state index in [1.165, 1.54) is 24.3 Å². The smallest absolute Gasteiger partial charge is 0.260 e. The average Bonchev–Trinajstić information content (AvgIpc) is 3.37. The summed E-state index contributed by atoms with van der Waals surface area (Å²) >= 11 is 0. The molecule has 6 nitrogen and oxygen atoms in total. The molecule has 2 aromatic rings. The van der Waals surface area contributed by atoms with E-state index in [-0.39, 0.29) is 30.2 Å². The van der Waals surface area contributed by atoms with Crippen LogP contribution in [0.5, 0.6) is 11.5 Å². The van der Waals surface area contributed by atoms with Gasteiger partial charge in [0.15, 0.2) is 6.61 Å². The molecule has 2 amide bonds. The van der Waals surface area contributed by atoms with Crippen LogP contribution in [0.4, 0.5) is 4.39 Å². The monoisotopic (exact) mass is 440 g/mol. The van der Waals surface area contributed by atoms with Gasteiger partial charge in [-0.1, -0.05) is 0 Å². The summed E-state index contributed by atoms with van der Waals surface area (Å²) in [6.45, 7) is 3.45. The lowest BCUT2D eigenvalue weighted by molar-refractivity contribution is -0.135. The van der Waals surface area contributed by atoms with E-state index in [9.17, 15) is 14.0 Å². The number of halogens is 1. The lowest BCUT2D eigenvalue weighted by atomic mass is 9.99. The fraction of sp³-hybridized carbons (Fsp3) is 0.440. The number of hydrogen-bond donors (Lipinski definition) is 0. The first kappa shape index (κ1) is 22.1. The van der Waals surface area contributed by atoms with Crippen LogP contribution in [-0.4, -0.2) is 61.0 Å². The van der Waals surface area contributed by atoms with Crippen LogP contribution in [0.1, 0.15) is 36.0 Å². The molecule has 170 valence electrons. The van der Waals surface area contributed by atoms with Gasteiger partial charge in [0.2, 0.25) is 0 Å². The quantitative estimate of drug-likeness (QED) is 0.658. The third-order valence-electron chi connectivity index (χ3n) is 6.03. The van der Waals surface area contributed by atoms with Crippen molar-refractivity contribution in [1.82, 2.24) is 9.80 Å². The Kier molecular flexibility index (Phi) is 7.24. The second-order valence-electron chi connectivity index (χ2n) is 8.43. The van der Waals surface area contributed by atoms with Gasteiger partial charge in [-0.05, 0) is 74.2 Å². The average molecular weight is 441 g/mol. The Morgan fingerprint density at radius 2 is 1.47 bits per heavy atom. The Bertz CT molecular complexity index is 911. The van der Waals surface area contributed by atoms with Gasteiger partial charge in [-0.15, -0.1) is 0 Å². The molecule has 7 heteroatoms. The third-order valence-corrected chi connectivity index (χ3v) is 6.03. The number of ether oxygens (including phenoxy) is 2. The summed E-state index contributed by atoms with van der Waals surface area (Å²) in [5.41, 5.74) is 0.690. The molecule has 2 fully saturated rings. The van der Waals surface area contributed by atoms with Crippen LogP contribution < -0.4 is 9.47 Å². The fourth-order valence-electron chi connectivity index (χ4n) is 4.21. The van der Waals surface area contributed by atoms with Crippen LogP contribution in [0, 0.1) is 11.7 Å². The SMILES string of the molecule is O=C(COc1ccc(F)cc1)N1CCCC(COc2ccc(C(=O)N3CCCC3)cc2)C1. The molecule has 0 spiro atoms. The minimum atomic E-state index is -0.338. The maximum Gasteiger partial charge on any atom is 0.260 e. The van der Waals surface area contributed by atoms with Gasteiger partial charge in [-0.3, -0.25) is 9.59 Å². The molecule has 0 aromatic heterocycles. The second-order valence-corrected chi connectivity index (χ2v) is 8.43. The van der Waals surface area contributed by atoms with E-state index in [0.717, 1.165) is 44.5 Å². The van der Waals surface area contributed by atoms with Crippen molar-refractivity contribution < 1.29 is 23.5 Å². The molecular formula is C25H29FN2O4. The number of carbonyl (C=O) groups excluding carboxylic acids is 2. The number of nitrogens with zero attached hydrogens (tertiary/aromatic N) is 2. The van der Waals surface area contributed by atoms with Crippen molar-refractivity contribution in [3.05, 3.63) is 59.9 Å². The molecule has 0 N–H and O–H groups in total. The zero-order valence-corrected chi connectivity index (χ0v) is 18.2. The molecule has 1 atom stereocenters. The summed E-state index contributed by atoms with van der Waals surface area (Å²) in [6.07, 6.45) is 4.06. The van der Waals surface area contributed by atoms with Gasteiger partial charge >= 0.3 is 0 Å². The molecule has 1 unspecified atom stereocenters. The predicted octanol–water partition coefficient (Wildman–Crippen LogP) is 3.76. The number of benzene rings is 2. The molecule has 0 aliphatic carbocycles. The van der Waals surface area contributed by atoms with Crippen molar-refractivity contribution in [1.29, 1.82) is 0 Å². The van der Waals surface area contributed by atoms with E-state index < -0.39 is 0 Å². The highest BCUT2D eigenvalue weighted by atomic mass is 19.1. The molecule has 32 heavy (non-hydrogen) atoms. The first-order valence-corrected chi connectivity index (χ1v) is 11.3. The summed E-state index contributed by atoms with van der Waals surface area (Å²) < 4.78 is 24.4. The van der Waals surface area contributed by atoms with Crippen molar-refractivity contribution in [3.63, 3.8) is 0 Å². The van der Waals surface area contributed by atoms with Crippen LogP contribution in [0.25, 0.3) is 0 Å². The summed E-state index contributed by atoms with van der Waals surface area (Å²) in [7, 11) is 0. The maximum absolute atomic E-state index is 13.0. The topological polar surface area (TPSA) is 59.1 Å². The molecule has 0 saturated carbocycles. The fourth-order valence-corrected chi connectivity index (χ4v) is 4.21. The number of rotatable bonds is 7. The van der Waals surface area contributed by atoms with Gasteiger partial charge in [-0.2, -0.15) is 0 Å². The Hall–Kier alpha value is -3.09. The maximum atomic E-state index is 13.0. The summed E-state index contributed by atoms with van der Waals surface area (Å²) in [4.78, 5) is 28.7. The van der Waals surface area contributed by atoms with Crippen LogP contribution in [0.3, 0.4) is 0 Å². The summed E-state index contributed by atoms with van der Waals surface area (Å²) in [5, 5.41) is 0. The lowest BCUT2D eigenvalue weighted by Crippen LogP contribution is -2.43. The van der Waals surface area contributed by atoms with Gasteiger partial charge in [0, 0.05) is 37.7 Å². The van der Waals surface area contributed by atoms with Gasteiger partial charge in [-0.25, -0.2) is 4.39 Å². The molecule has 4 rings (SSSR count). The number of hydrogen-bond acceptors (Lipinski definition) is 4. The molecule has 2 aliphatic heterocycles. The number of piperidine rings is 1. The molecule has 2 aliphatic rings. The second kappa shape index (κ2) is 10.5. The molecule has 2 heterocycles. The van der Waals surface area contributed by atoms with Crippen molar-refractivity contribution in [2.75, 3.05) is 39.4 Å².